The highest BCUT2D eigenvalue weighted by Crippen LogP contribution is 2.35. The molecular formula is C17H12ClFN2O4S2. The zero-order chi connectivity index (χ0) is 19.6. The number of benzene rings is 2. The van der Waals surface area contributed by atoms with Crippen LogP contribution in [0.1, 0.15) is 0 Å². The second kappa shape index (κ2) is 7.71. The number of thioether (sulfide) groups is 1. The molecule has 0 aliphatic carbocycles. The summed E-state index contributed by atoms with van der Waals surface area (Å²) in [7, 11) is -4.04. The Hall–Kier alpha value is -2.36. The van der Waals surface area contributed by atoms with Crippen LogP contribution in [0.5, 0.6) is 0 Å². The summed E-state index contributed by atoms with van der Waals surface area (Å²) in [5.41, 5.74) is 5.52. The number of hydrogen-bond donors (Lipinski definition) is 1. The van der Waals surface area contributed by atoms with E-state index >= 15 is 0 Å². The third-order valence-corrected chi connectivity index (χ3v) is 6.41. The van der Waals surface area contributed by atoms with E-state index in [-0.39, 0.29) is 26.7 Å². The third-order valence-electron chi connectivity index (χ3n) is 3.38. The zero-order valence-corrected chi connectivity index (χ0v) is 15.9. The highest BCUT2D eigenvalue weighted by molar-refractivity contribution is 8.00. The average molecular weight is 427 g/mol. The first-order valence-corrected chi connectivity index (χ1v) is 10.3. The van der Waals surface area contributed by atoms with E-state index in [9.17, 15) is 17.6 Å². The Kier molecular flexibility index (Phi) is 5.54. The van der Waals surface area contributed by atoms with E-state index in [2.05, 4.69) is 4.98 Å². The van der Waals surface area contributed by atoms with Crippen molar-refractivity contribution in [1.29, 1.82) is 0 Å². The van der Waals surface area contributed by atoms with Crippen LogP contribution in [0.15, 0.2) is 68.0 Å². The summed E-state index contributed by atoms with van der Waals surface area (Å²) < 4.78 is 44.6. The first-order chi connectivity index (χ1) is 12.8. The van der Waals surface area contributed by atoms with Gasteiger partial charge >= 0.3 is 0 Å². The molecule has 0 bridgehead atoms. The number of aromatic nitrogens is 1. The van der Waals surface area contributed by atoms with Crippen molar-refractivity contribution >= 4 is 39.1 Å². The van der Waals surface area contributed by atoms with Gasteiger partial charge in [-0.1, -0.05) is 23.4 Å². The zero-order valence-electron chi connectivity index (χ0n) is 13.6. The van der Waals surface area contributed by atoms with Crippen LogP contribution in [-0.2, 0) is 14.6 Å². The molecule has 0 spiro atoms. The number of carbonyl (C=O) groups excluding carboxylic acids is 1. The number of nitrogens with two attached hydrogens (primary N) is 1. The lowest BCUT2D eigenvalue weighted by atomic mass is 10.2. The molecular weight excluding hydrogens is 415 g/mol. The lowest BCUT2D eigenvalue weighted by Gasteiger charge is -2.03. The lowest BCUT2D eigenvalue weighted by molar-refractivity contribution is -0.115. The number of carbonyl (C=O) groups is 1. The molecule has 2 N–H and O–H groups in total. The second-order valence-corrected chi connectivity index (χ2v) is 8.58. The molecule has 3 rings (SSSR count). The summed E-state index contributed by atoms with van der Waals surface area (Å²) in [5.74, 6) is -1.31. The molecule has 1 amide bonds. The number of halogens is 2. The molecule has 0 unspecified atom stereocenters. The van der Waals surface area contributed by atoms with Gasteiger partial charge in [0.2, 0.25) is 31.8 Å². The minimum Gasteiger partial charge on any atom is -0.428 e. The van der Waals surface area contributed by atoms with Crippen molar-refractivity contribution in [3.63, 3.8) is 0 Å². The lowest BCUT2D eigenvalue weighted by Crippen LogP contribution is -2.13. The molecule has 2 aromatic carbocycles. The molecule has 1 heterocycles. The molecule has 0 fully saturated rings. The summed E-state index contributed by atoms with van der Waals surface area (Å²) in [6.07, 6.45) is 0. The smallest absolute Gasteiger partial charge is 0.228 e. The number of primary amides is 1. The van der Waals surface area contributed by atoms with Crippen LogP contribution in [0.2, 0.25) is 5.02 Å². The molecule has 140 valence electrons. The van der Waals surface area contributed by atoms with E-state index in [1.54, 1.807) is 0 Å². The van der Waals surface area contributed by atoms with Crippen molar-refractivity contribution in [2.45, 2.75) is 15.0 Å². The number of nitrogens with zero attached hydrogens (tertiary/aromatic N) is 1. The van der Waals surface area contributed by atoms with Crippen molar-refractivity contribution in [2.24, 2.45) is 5.73 Å². The van der Waals surface area contributed by atoms with E-state index in [1.807, 2.05) is 0 Å². The molecule has 1 aromatic heterocycles. The van der Waals surface area contributed by atoms with E-state index in [4.69, 9.17) is 21.8 Å². The quantitative estimate of drug-likeness (QED) is 0.604. The first-order valence-electron chi connectivity index (χ1n) is 7.46. The van der Waals surface area contributed by atoms with Crippen LogP contribution >= 0.6 is 23.4 Å². The maximum atomic E-state index is 13.1. The van der Waals surface area contributed by atoms with Gasteiger partial charge in [0.15, 0.2) is 0 Å². The van der Waals surface area contributed by atoms with E-state index in [1.165, 1.54) is 48.5 Å². The number of sulfone groups is 1. The number of oxazole rings is 1. The Morgan fingerprint density at radius 1 is 1.15 bits per heavy atom. The Bertz CT molecular complexity index is 1080. The van der Waals surface area contributed by atoms with Gasteiger partial charge in [-0.25, -0.2) is 12.8 Å². The van der Waals surface area contributed by atoms with Crippen LogP contribution in [0.4, 0.5) is 4.39 Å². The van der Waals surface area contributed by atoms with Gasteiger partial charge < -0.3 is 10.2 Å². The van der Waals surface area contributed by atoms with Gasteiger partial charge in [0, 0.05) is 10.6 Å². The third kappa shape index (κ3) is 4.32. The van der Waals surface area contributed by atoms with Gasteiger partial charge in [0.1, 0.15) is 5.82 Å². The van der Waals surface area contributed by atoms with Gasteiger partial charge in [-0.2, -0.15) is 4.98 Å². The van der Waals surface area contributed by atoms with Crippen molar-refractivity contribution < 1.29 is 22.0 Å². The summed E-state index contributed by atoms with van der Waals surface area (Å²) in [5, 5.41) is -0.0529. The fourth-order valence-electron chi connectivity index (χ4n) is 2.13. The minimum atomic E-state index is -4.04. The van der Waals surface area contributed by atoms with Gasteiger partial charge in [0.05, 0.1) is 10.6 Å². The Morgan fingerprint density at radius 2 is 1.78 bits per heavy atom. The van der Waals surface area contributed by atoms with Crippen LogP contribution in [0, 0.1) is 5.82 Å². The van der Waals surface area contributed by atoms with Gasteiger partial charge in [0.25, 0.3) is 0 Å². The molecule has 0 aliphatic heterocycles. The van der Waals surface area contributed by atoms with Crippen molar-refractivity contribution in [2.75, 3.05) is 5.75 Å². The first kappa shape index (κ1) is 19.4. The molecule has 0 aliphatic rings. The highest BCUT2D eigenvalue weighted by atomic mass is 35.5. The van der Waals surface area contributed by atoms with Crippen molar-refractivity contribution in [3.05, 3.63) is 59.4 Å². The molecule has 0 saturated carbocycles. The predicted molar refractivity (Wildman–Crippen MR) is 98.7 cm³/mol. The predicted octanol–water partition coefficient (Wildman–Crippen LogP) is 3.54. The molecule has 0 saturated heterocycles. The standard InChI is InChI=1S/C17H12ClFN2O4S2/c18-11-3-7-13(8-4-11)27(23,24)16-17(26-9-14(20)22)25-15(21-16)10-1-5-12(19)6-2-10/h1-8H,9H2,(H2,20,22). The molecule has 0 radical (unpaired) electrons. The summed E-state index contributed by atoms with van der Waals surface area (Å²) in [4.78, 5) is 15.1. The molecule has 0 atom stereocenters. The Labute approximate surface area is 163 Å². The summed E-state index contributed by atoms with van der Waals surface area (Å²) >= 11 is 6.62. The summed E-state index contributed by atoms with van der Waals surface area (Å²) in [6, 6.07) is 10.8. The Balaban J connectivity index is 2.10. The van der Waals surface area contributed by atoms with Crippen LogP contribution in [0.25, 0.3) is 11.5 Å². The fourth-order valence-corrected chi connectivity index (χ4v) is 4.53. The van der Waals surface area contributed by atoms with Crippen LogP contribution < -0.4 is 5.73 Å². The van der Waals surface area contributed by atoms with Crippen molar-refractivity contribution in [3.8, 4) is 11.5 Å². The van der Waals surface area contributed by atoms with Crippen LogP contribution in [0.3, 0.4) is 0 Å². The molecule has 3 aromatic rings. The van der Waals surface area contributed by atoms with Gasteiger partial charge in [-0.05, 0) is 48.5 Å². The fraction of sp³-hybridized carbons (Fsp3) is 0.0588. The number of hydrogen-bond acceptors (Lipinski definition) is 6. The van der Waals surface area contributed by atoms with Crippen molar-refractivity contribution in [1.82, 2.24) is 4.98 Å². The highest BCUT2D eigenvalue weighted by Gasteiger charge is 2.29. The maximum Gasteiger partial charge on any atom is 0.228 e. The molecule has 27 heavy (non-hydrogen) atoms. The number of amides is 1. The molecule has 10 heteroatoms. The summed E-state index contributed by atoms with van der Waals surface area (Å²) in [6.45, 7) is 0. The normalized spacial score (nSPS) is 11.5. The minimum absolute atomic E-state index is 0.0190. The second-order valence-electron chi connectivity index (χ2n) is 5.33. The number of rotatable bonds is 6. The van der Waals surface area contributed by atoms with Crippen LogP contribution in [-0.4, -0.2) is 25.1 Å². The SMILES string of the molecule is NC(=O)CSc1oc(-c2ccc(F)cc2)nc1S(=O)(=O)c1ccc(Cl)cc1. The maximum absolute atomic E-state index is 13.1. The van der Waals surface area contributed by atoms with Gasteiger partial charge in [-0.3, -0.25) is 4.79 Å². The van der Waals surface area contributed by atoms with Gasteiger partial charge in [-0.15, -0.1) is 0 Å². The average Bonchev–Trinajstić information content (AvgIpc) is 3.06. The van der Waals surface area contributed by atoms with E-state index < -0.39 is 21.6 Å². The monoisotopic (exact) mass is 426 g/mol. The topological polar surface area (TPSA) is 103 Å². The molecule has 6 nitrogen and oxygen atoms in total. The van der Waals surface area contributed by atoms with E-state index in [0.29, 0.717) is 10.6 Å². The Morgan fingerprint density at radius 3 is 2.37 bits per heavy atom. The van der Waals surface area contributed by atoms with E-state index in [0.717, 1.165) is 11.8 Å². The largest absolute Gasteiger partial charge is 0.428 e.